The normalized spacial score (nSPS) is 16.6. The van der Waals surface area contributed by atoms with Gasteiger partial charge in [-0.2, -0.15) is 0 Å². The van der Waals surface area contributed by atoms with Crippen molar-refractivity contribution in [3.63, 3.8) is 0 Å². The summed E-state index contributed by atoms with van der Waals surface area (Å²) < 4.78 is 4.88. The average Bonchev–Trinajstić information content (AvgIpc) is 3.56. The van der Waals surface area contributed by atoms with Crippen molar-refractivity contribution in [1.29, 1.82) is 16.2 Å². The van der Waals surface area contributed by atoms with Crippen LogP contribution >= 0.6 is 0 Å². The van der Waals surface area contributed by atoms with Gasteiger partial charge in [0.2, 0.25) is 17.7 Å². The van der Waals surface area contributed by atoms with E-state index >= 15 is 0 Å². The van der Waals surface area contributed by atoms with Gasteiger partial charge in [0.05, 0.1) is 23.9 Å². The number of ether oxygens (including phenoxy) is 1. The second-order valence-electron chi connectivity index (χ2n) is 11.2. The van der Waals surface area contributed by atoms with Crippen LogP contribution in [0.25, 0.3) is 5.57 Å². The first-order valence-corrected chi connectivity index (χ1v) is 15.4. The van der Waals surface area contributed by atoms with E-state index in [-0.39, 0.29) is 47.3 Å². The summed E-state index contributed by atoms with van der Waals surface area (Å²) in [4.78, 5) is 48.2. The highest BCUT2D eigenvalue weighted by Gasteiger charge is 2.34. The Morgan fingerprint density at radius 3 is 2.49 bits per heavy atom. The number of aromatic nitrogens is 1. The van der Waals surface area contributed by atoms with Crippen molar-refractivity contribution in [3.05, 3.63) is 71.1 Å². The van der Waals surface area contributed by atoms with Gasteiger partial charge in [0.15, 0.2) is 0 Å². The molecule has 2 aliphatic rings. The smallest absolute Gasteiger partial charge is 0.397 e. The molecule has 0 unspecified atom stereocenters. The first kappa shape index (κ1) is 34.5. The van der Waals surface area contributed by atoms with Gasteiger partial charge < -0.3 is 31.4 Å². The van der Waals surface area contributed by atoms with Crippen molar-refractivity contribution in [2.24, 2.45) is 5.92 Å². The highest BCUT2D eigenvalue weighted by Crippen LogP contribution is 2.26. The van der Waals surface area contributed by atoms with Crippen LogP contribution in [-0.2, 0) is 14.3 Å². The van der Waals surface area contributed by atoms with Crippen LogP contribution in [-0.4, -0.2) is 104 Å². The summed E-state index contributed by atoms with van der Waals surface area (Å²) in [5, 5.41) is 29.2. The van der Waals surface area contributed by atoms with Gasteiger partial charge in [-0.05, 0) is 61.7 Å². The Morgan fingerprint density at radius 1 is 1.13 bits per heavy atom. The largest absolute Gasteiger partial charge is 0.413 e. The monoisotopic (exact) mass is 642 g/mol. The van der Waals surface area contributed by atoms with Gasteiger partial charge in [-0.25, -0.2) is 9.78 Å². The highest BCUT2D eigenvalue weighted by atomic mass is 16.6. The van der Waals surface area contributed by atoms with E-state index in [0.717, 1.165) is 17.4 Å². The molecule has 3 amide bonds. The number of nitrogen functional groups attached to an aromatic ring is 1. The molecular formula is C33H42N10O4. The predicted octanol–water partition coefficient (Wildman–Crippen LogP) is 2.46. The molecule has 1 saturated heterocycles. The average molecular weight is 643 g/mol. The van der Waals surface area contributed by atoms with E-state index in [1.54, 1.807) is 36.2 Å². The fourth-order valence-electron chi connectivity index (χ4n) is 5.60. The number of hydrogen-bond acceptors (Lipinski definition) is 11. The minimum absolute atomic E-state index is 0.0101. The number of rotatable bonds is 11. The number of nitrogens with one attached hydrogen (secondary N) is 5. The summed E-state index contributed by atoms with van der Waals surface area (Å²) in [7, 11) is 3.10. The fourth-order valence-corrected chi connectivity index (χ4v) is 5.60. The topological polar surface area (TPSA) is 205 Å². The van der Waals surface area contributed by atoms with E-state index in [9.17, 15) is 14.4 Å². The van der Waals surface area contributed by atoms with Crippen molar-refractivity contribution in [2.75, 3.05) is 64.0 Å². The summed E-state index contributed by atoms with van der Waals surface area (Å²) in [6, 6.07) is 10.5. The second kappa shape index (κ2) is 15.8. The minimum atomic E-state index is -0.696. The summed E-state index contributed by atoms with van der Waals surface area (Å²) in [5.74, 6) is -0.234. The number of hydrogen-bond donors (Lipinski definition) is 6. The van der Waals surface area contributed by atoms with Gasteiger partial charge in [-0.1, -0.05) is 18.2 Å². The van der Waals surface area contributed by atoms with Gasteiger partial charge in [0, 0.05) is 63.8 Å². The lowest BCUT2D eigenvalue weighted by Gasteiger charge is -2.29. The lowest BCUT2D eigenvalue weighted by Crippen LogP contribution is -2.42. The summed E-state index contributed by atoms with van der Waals surface area (Å²) in [6.45, 7) is 4.61. The maximum atomic E-state index is 13.6. The number of alkyl carbamates (subject to hydrolysis) is 1. The number of likely N-dealkylation sites (tertiary alicyclic amines) is 1. The molecule has 4 rings (SSSR count). The first-order valence-electron chi connectivity index (χ1n) is 15.4. The van der Waals surface area contributed by atoms with Gasteiger partial charge >= 0.3 is 6.09 Å². The maximum Gasteiger partial charge on any atom is 0.413 e. The Hall–Kier alpha value is -5.37. The quantitative estimate of drug-likeness (QED) is 0.158. The summed E-state index contributed by atoms with van der Waals surface area (Å²) in [5.41, 5.74) is 9.45. The van der Waals surface area contributed by atoms with Gasteiger partial charge in [0.25, 0.3) is 0 Å². The molecule has 0 spiro atoms. The molecule has 0 bridgehead atoms. The van der Waals surface area contributed by atoms with Crippen LogP contribution in [0.2, 0.25) is 0 Å². The molecule has 47 heavy (non-hydrogen) atoms. The van der Waals surface area contributed by atoms with Crippen LogP contribution in [0.15, 0.2) is 54.2 Å². The lowest BCUT2D eigenvalue weighted by atomic mass is 9.98. The van der Waals surface area contributed by atoms with Crippen LogP contribution in [0, 0.1) is 22.1 Å². The number of benzene rings is 1. The van der Waals surface area contributed by atoms with Crippen molar-refractivity contribution in [1.82, 2.24) is 25.4 Å². The molecule has 2 aliphatic heterocycles. The number of nitrogens with zero attached hydrogens (tertiary/aromatic N) is 4. The first-order chi connectivity index (χ1) is 22.6. The van der Waals surface area contributed by atoms with E-state index < -0.39 is 6.09 Å². The van der Waals surface area contributed by atoms with Crippen LogP contribution in [0.4, 0.5) is 16.3 Å². The molecule has 0 aliphatic carbocycles. The fraction of sp³-hybridized carbons (Fsp3) is 0.364. The number of allylic oxidation sites excluding steroid dienone is 1. The molecule has 2 aromatic rings. The van der Waals surface area contributed by atoms with Gasteiger partial charge in [-0.3, -0.25) is 30.2 Å². The zero-order chi connectivity index (χ0) is 34.1. The van der Waals surface area contributed by atoms with Crippen molar-refractivity contribution >= 4 is 52.8 Å². The standard InChI is InChI=1S/C33H42N10O4/c1-4-43(27-10-9-26(35)30(40-27)29(36)25(17-34)18-38-2)32(45)24-11-14-41(19-24)20-28(44)42-15-12-22(13-16-42)21-5-7-23(8-6-21)31(37)47-33(46)39-3/h5-10,12,17-18,24,34,36-38H,4,11,13-16,19-20,35H2,1-3H3,(H,39,46)/b25-18+,34-17?,36-29?,37-31?/t24-/m1/s1. The predicted molar refractivity (Wildman–Crippen MR) is 182 cm³/mol. The number of amides is 3. The number of nitrogens with two attached hydrogens (primary N) is 1. The molecule has 1 aromatic carbocycles. The third-order valence-electron chi connectivity index (χ3n) is 8.21. The molecule has 1 fully saturated rings. The van der Waals surface area contributed by atoms with Crippen LogP contribution in [0.1, 0.15) is 36.6 Å². The molecule has 248 valence electrons. The number of anilines is 2. The molecule has 14 heteroatoms. The molecule has 1 aromatic heterocycles. The van der Waals surface area contributed by atoms with Crippen molar-refractivity contribution < 1.29 is 19.1 Å². The zero-order valence-electron chi connectivity index (χ0n) is 26.9. The third kappa shape index (κ3) is 8.27. The summed E-state index contributed by atoms with van der Waals surface area (Å²) >= 11 is 0. The molecule has 0 saturated carbocycles. The second-order valence-corrected chi connectivity index (χ2v) is 11.2. The van der Waals surface area contributed by atoms with Crippen LogP contribution in [0.3, 0.4) is 0 Å². The molecule has 1 atom stereocenters. The molecule has 0 radical (unpaired) electrons. The molecule has 14 nitrogen and oxygen atoms in total. The number of pyridine rings is 1. The van der Waals surface area contributed by atoms with Crippen LogP contribution in [0.5, 0.6) is 0 Å². The molecule has 7 N–H and O–H groups in total. The minimum Gasteiger partial charge on any atom is -0.397 e. The Balaban J connectivity index is 1.33. The van der Waals surface area contributed by atoms with E-state index in [4.69, 9.17) is 26.7 Å². The van der Waals surface area contributed by atoms with Crippen LogP contribution < -0.4 is 21.3 Å². The summed E-state index contributed by atoms with van der Waals surface area (Å²) in [6.07, 6.45) is 5.20. The number of carbonyl (C=O) groups is 3. The Labute approximate surface area is 274 Å². The highest BCUT2D eigenvalue weighted by molar-refractivity contribution is 6.23. The van der Waals surface area contributed by atoms with Crippen molar-refractivity contribution in [3.8, 4) is 0 Å². The number of carbonyl (C=O) groups excluding carboxylic acids is 3. The Bertz CT molecular complexity index is 1600. The molecular weight excluding hydrogens is 600 g/mol. The Kier molecular flexibility index (Phi) is 11.6. The maximum absolute atomic E-state index is 13.6. The SMILES string of the molecule is CCN(C(=O)[C@@H]1CCN(CC(=O)N2CC=C(c3ccc(C(=N)OC(=O)NC)cc3)CC2)C1)c1ccc(N)c(C(=N)/C(C=N)=C/NC)n1. The van der Waals surface area contributed by atoms with E-state index in [1.807, 2.05) is 34.9 Å². The van der Waals surface area contributed by atoms with E-state index in [0.29, 0.717) is 62.5 Å². The van der Waals surface area contributed by atoms with Crippen molar-refractivity contribution in [2.45, 2.75) is 19.8 Å². The molecule has 3 heterocycles. The lowest BCUT2D eigenvalue weighted by molar-refractivity contribution is -0.132. The third-order valence-corrected chi connectivity index (χ3v) is 8.21. The van der Waals surface area contributed by atoms with E-state index in [1.165, 1.54) is 13.2 Å². The zero-order valence-corrected chi connectivity index (χ0v) is 26.9. The van der Waals surface area contributed by atoms with Gasteiger partial charge in [0.1, 0.15) is 11.5 Å². The van der Waals surface area contributed by atoms with Gasteiger partial charge in [-0.15, -0.1) is 0 Å². The Morgan fingerprint density at radius 2 is 1.87 bits per heavy atom. The van der Waals surface area contributed by atoms with E-state index in [2.05, 4.69) is 15.6 Å².